The molecule has 1 aromatic rings. The molecule has 0 radical (unpaired) electrons. The highest BCUT2D eigenvalue weighted by molar-refractivity contribution is 6.15. The summed E-state index contributed by atoms with van der Waals surface area (Å²) in [5.41, 5.74) is 0.446. The van der Waals surface area contributed by atoms with Gasteiger partial charge in [-0.3, -0.25) is 9.59 Å². The molecule has 28 heavy (non-hydrogen) atoms. The van der Waals surface area contributed by atoms with Gasteiger partial charge in [0.25, 0.3) is 5.91 Å². The van der Waals surface area contributed by atoms with E-state index < -0.39 is 30.4 Å². The second kappa shape index (κ2) is 9.40. The Hall–Kier alpha value is -3.56. The fourth-order valence-corrected chi connectivity index (χ4v) is 2.36. The van der Waals surface area contributed by atoms with Gasteiger partial charge in [0.15, 0.2) is 18.1 Å². The molecule has 1 aliphatic rings. The van der Waals surface area contributed by atoms with Crippen LogP contribution in [0.1, 0.15) is 19.4 Å². The molecule has 0 aromatic heterocycles. The molecule has 10 nitrogen and oxygen atoms in total. The number of esters is 1. The first kappa shape index (κ1) is 20.7. The first-order valence-corrected chi connectivity index (χ1v) is 8.47. The van der Waals surface area contributed by atoms with Crippen molar-refractivity contribution in [3.8, 4) is 11.5 Å². The Morgan fingerprint density at radius 2 is 1.89 bits per heavy atom. The van der Waals surface area contributed by atoms with Crippen molar-refractivity contribution in [2.24, 2.45) is 0 Å². The first-order valence-electron chi connectivity index (χ1n) is 8.47. The molecule has 3 amide bonds. The van der Waals surface area contributed by atoms with E-state index in [9.17, 15) is 19.2 Å². The van der Waals surface area contributed by atoms with Crippen LogP contribution in [0.2, 0.25) is 0 Å². The van der Waals surface area contributed by atoms with Gasteiger partial charge in [0.05, 0.1) is 13.2 Å². The van der Waals surface area contributed by atoms with E-state index in [0.29, 0.717) is 28.6 Å². The van der Waals surface area contributed by atoms with Crippen molar-refractivity contribution in [3.63, 3.8) is 0 Å². The third-order valence-electron chi connectivity index (χ3n) is 3.49. The normalized spacial score (nSPS) is 14.8. The van der Waals surface area contributed by atoms with Crippen LogP contribution in [0.3, 0.4) is 0 Å². The lowest BCUT2D eigenvalue weighted by molar-refractivity contribution is -0.145. The number of ether oxygens (including phenoxy) is 3. The van der Waals surface area contributed by atoms with Gasteiger partial charge in [-0.15, -0.1) is 0 Å². The summed E-state index contributed by atoms with van der Waals surface area (Å²) < 4.78 is 15.7. The number of hydrogen-bond donors (Lipinski definition) is 2. The molecule has 0 bridgehead atoms. The monoisotopic (exact) mass is 392 g/mol. The van der Waals surface area contributed by atoms with Crippen molar-refractivity contribution in [1.82, 2.24) is 10.2 Å². The number of rotatable bonds is 9. The van der Waals surface area contributed by atoms with Crippen LogP contribution in [0.5, 0.6) is 11.5 Å². The van der Waals surface area contributed by atoms with Gasteiger partial charge in [-0.1, -0.05) is 6.07 Å². The highest BCUT2D eigenvalue weighted by atomic mass is 16.6. The third kappa shape index (κ3) is 5.22. The summed E-state index contributed by atoms with van der Waals surface area (Å²) >= 11 is 0. The Balaban J connectivity index is 2.20. The van der Waals surface area contributed by atoms with E-state index in [4.69, 9.17) is 19.3 Å². The molecule has 1 aromatic carbocycles. The predicted molar refractivity (Wildman–Crippen MR) is 95.6 cm³/mol. The molecule has 1 aliphatic heterocycles. The second-order valence-electron chi connectivity index (χ2n) is 5.51. The van der Waals surface area contributed by atoms with Crippen LogP contribution in [-0.2, 0) is 19.1 Å². The van der Waals surface area contributed by atoms with Gasteiger partial charge < -0.3 is 24.6 Å². The van der Waals surface area contributed by atoms with E-state index in [0.717, 1.165) is 0 Å². The summed E-state index contributed by atoms with van der Waals surface area (Å²) in [6.07, 6.45) is 1.39. The fourth-order valence-electron chi connectivity index (χ4n) is 2.36. The van der Waals surface area contributed by atoms with Gasteiger partial charge in [0.2, 0.25) is 0 Å². The van der Waals surface area contributed by atoms with Crippen molar-refractivity contribution < 1.29 is 38.5 Å². The van der Waals surface area contributed by atoms with E-state index in [1.165, 1.54) is 6.08 Å². The standard InChI is InChI=1S/C18H20N2O8/c1-3-26-14-8-11(5-6-13(14)28-10-16(23)27-4-2)7-12-17(24)20(9-15(21)22)18(25)19-12/h5-8H,3-4,9-10H2,1-2H3,(H,19,25)(H,21,22)/b12-7+. The van der Waals surface area contributed by atoms with Crippen LogP contribution in [0, 0.1) is 0 Å². The van der Waals surface area contributed by atoms with Gasteiger partial charge >= 0.3 is 18.0 Å². The van der Waals surface area contributed by atoms with Crippen molar-refractivity contribution in [2.75, 3.05) is 26.4 Å². The summed E-state index contributed by atoms with van der Waals surface area (Å²) in [6, 6.07) is 3.90. The van der Waals surface area contributed by atoms with E-state index in [2.05, 4.69) is 5.32 Å². The average Bonchev–Trinajstić information content (AvgIpc) is 2.88. The van der Waals surface area contributed by atoms with E-state index in [-0.39, 0.29) is 18.9 Å². The van der Waals surface area contributed by atoms with Crippen LogP contribution in [-0.4, -0.2) is 60.2 Å². The summed E-state index contributed by atoms with van der Waals surface area (Å²) in [5.74, 6) is -1.92. The van der Waals surface area contributed by atoms with Crippen LogP contribution in [0.25, 0.3) is 6.08 Å². The number of carbonyl (C=O) groups is 4. The van der Waals surface area contributed by atoms with E-state index in [1.54, 1.807) is 32.0 Å². The Morgan fingerprint density at radius 1 is 1.14 bits per heavy atom. The Kier molecular flexibility index (Phi) is 6.96. The van der Waals surface area contributed by atoms with E-state index >= 15 is 0 Å². The van der Waals surface area contributed by atoms with Gasteiger partial charge in [-0.25, -0.2) is 14.5 Å². The minimum atomic E-state index is -1.30. The molecule has 1 heterocycles. The lowest BCUT2D eigenvalue weighted by Crippen LogP contribution is -2.35. The fraction of sp³-hybridized carbons (Fsp3) is 0.333. The molecule has 2 N–H and O–H groups in total. The number of carboxylic acids is 1. The number of imide groups is 1. The Morgan fingerprint density at radius 3 is 2.54 bits per heavy atom. The number of nitrogens with zero attached hydrogens (tertiary/aromatic N) is 1. The SMILES string of the molecule is CCOC(=O)COc1ccc(/C=C2/NC(=O)N(CC(=O)O)C2=O)cc1OCC. The molecule has 1 fully saturated rings. The second-order valence-corrected chi connectivity index (χ2v) is 5.51. The van der Waals surface area contributed by atoms with Crippen LogP contribution < -0.4 is 14.8 Å². The lowest BCUT2D eigenvalue weighted by atomic mass is 10.1. The molecule has 0 unspecified atom stereocenters. The maximum atomic E-state index is 12.2. The summed E-state index contributed by atoms with van der Waals surface area (Å²) in [6.45, 7) is 3.01. The van der Waals surface area contributed by atoms with Gasteiger partial charge in [-0.05, 0) is 37.6 Å². The van der Waals surface area contributed by atoms with Crippen molar-refractivity contribution in [1.29, 1.82) is 0 Å². The zero-order valence-electron chi connectivity index (χ0n) is 15.4. The quantitative estimate of drug-likeness (QED) is 0.361. The minimum absolute atomic E-state index is 0.0612. The molecule has 1 saturated heterocycles. The summed E-state index contributed by atoms with van der Waals surface area (Å²) in [7, 11) is 0. The maximum absolute atomic E-state index is 12.2. The van der Waals surface area contributed by atoms with Crippen molar-refractivity contribution >= 4 is 30.0 Å². The number of aliphatic carboxylic acids is 1. The number of amides is 3. The summed E-state index contributed by atoms with van der Waals surface area (Å²) in [5, 5.41) is 11.1. The molecule has 0 atom stereocenters. The number of urea groups is 1. The third-order valence-corrected chi connectivity index (χ3v) is 3.49. The Labute approximate surface area is 160 Å². The minimum Gasteiger partial charge on any atom is -0.490 e. The Bertz CT molecular complexity index is 818. The molecule has 0 spiro atoms. The number of benzene rings is 1. The highest BCUT2D eigenvalue weighted by Gasteiger charge is 2.34. The van der Waals surface area contributed by atoms with Gasteiger partial charge in [0, 0.05) is 0 Å². The summed E-state index contributed by atoms with van der Waals surface area (Å²) in [4.78, 5) is 46.7. The van der Waals surface area contributed by atoms with Crippen molar-refractivity contribution in [2.45, 2.75) is 13.8 Å². The highest BCUT2D eigenvalue weighted by Crippen LogP contribution is 2.29. The molecular weight excluding hydrogens is 372 g/mol. The van der Waals surface area contributed by atoms with Gasteiger partial charge in [-0.2, -0.15) is 0 Å². The van der Waals surface area contributed by atoms with Crippen molar-refractivity contribution in [3.05, 3.63) is 29.5 Å². The molecule has 10 heteroatoms. The van der Waals surface area contributed by atoms with E-state index in [1.807, 2.05) is 0 Å². The zero-order chi connectivity index (χ0) is 20.7. The number of carboxylic acid groups (broad SMARTS) is 1. The molecular formula is C18H20N2O8. The molecule has 0 saturated carbocycles. The van der Waals surface area contributed by atoms with Crippen LogP contribution in [0.15, 0.2) is 23.9 Å². The van der Waals surface area contributed by atoms with Gasteiger partial charge in [0.1, 0.15) is 12.2 Å². The first-order chi connectivity index (χ1) is 13.3. The smallest absolute Gasteiger partial charge is 0.344 e. The van der Waals surface area contributed by atoms with Crippen LogP contribution >= 0.6 is 0 Å². The maximum Gasteiger partial charge on any atom is 0.344 e. The molecule has 150 valence electrons. The average molecular weight is 392 g/mol. The predicted octanol–water partition coefficient (Wildman–Crippen LogP) is 1.00. The number of hydrogen-bond acceptors (Lipinski definition) is 7. The largest absolute Gasteiger partial charge is 0.490 e. The van der Waals surface area contributed by atoms with Crippen LogP contribution in [0.4, 0.5) is 4.79 Å². The number of nitrogens with one attached hydrogen (secondary N) is 1. The molecule has 2 rings (SSSR count). The zero-order valence-corrected chi connectivity index (χ0v) is 15.4. The molecule has 0 aliphatic carbocycles. The lowest BCUT2D eigenvalue weighted by Gasteiger charge is -2.12. The number of carbonyl (C=O) groups excluding carboxylic acids is 3. The topological polar surface area (TPSA) is 131 Å².